The van der Waals surface area contributed by atoms with Crippen molar-refractivity contribution in [2.45, 2.75) is 31.0 Å². The first-order valence-corrected chi connectivity index (χ1v) is 15.2. The maximum atomic E-state index is 12.9. The van der Waals surface area contributed by atoms with Crippen LogP contribution in [0.3, 0.4) is 0 Å². The Morgan fingerprint density at radius 1 is 1.07 bits per heavy atom. The fraction of sp³-hybridized carbons (Fsp3) is 0.381. The molecular weight excluding hydrogens is 459 g/mol. The number of rotatable bonds is 9. The van der Waals surface area contributed by atoms with Crippen LogP contribution in [0.5, 0.6) is 11.5 Å². The number of esters is 1. The molecule has 4 nitrogen and oxygen atoms in total. The standard InChI is InChI=1S/C21H27ClO4SeSi/c1-24-17-13-18(25-2)20(22)16(14-27-15-9-7-6-8-10-15)19(17)21(23)26-11-12-28(3,4)5/h6-10,13H,11-12,14H2,1-5H3. The van der Waals surface area contributed by atoms with Gasteiger partial charge >= 0.3 is 180 Å². The Hall–Kier alpha value is -1.46. The van der Waals surface area contributed by atoms with Crippen LogP contribution in [-0.2, 0) is 10.1 Å². The van der Waals surface area contributed by atoms with Gasteiger partial charge in [-0.3, -0.25) is 0 Å². The minimum absolute atomic E-state index is 0.107. The van der Waals surface area contributed by atoms with Crippen LogP contribution in [0, 0.1) is 0 Å². The van der Waals surface area contributed by atoms with E-state index in [9.17, 15) is 4.79 Å². The number of benzene rings is 2. The molecule has 0 aliphatic heterocycles. The first kappa shape index (κ1) is 22.8. The summed E-state index contributed by atoms with van der Waals surface area (Å²) in [7, 11) is 1.79. The molecule has 28 heavy (non-hydrogen) atoms. The second-order valence-electron chi connectivity index (χ2n) is 7.50. The third-order valence-electron chi connectivity index (χ3n) is 4.15. The van der Waals surface area contributed by atoms with Gasteiger partial charge in [0.1, 0.15) is 0 Å². The summed E-state index contributed by atoms with van der Waals surface area (Å²) in [6.07, 6.45) is 0. The molecular formula is C21H27ClO4SeSi. The van der Waals surface area contributed by atoms with E-state index >= 15 is 0 Å². The predicted molar refractivity (Wildman–Crippen MR) is 119 cm³/mol. The molecule has 0 aromatic heterocycles. The number of halogens is 1. The van der Waals surface area contributed by atoms with Gasteiger partial charge in [-0.05, 0) is 0 Å². The Kier molecular flexibility index (Phi) is 8.44. The monoisotopic (exact) mass is 486 g/mol. The summed E-state index contributed by atoms with van der Waals surface area (Å²) < 4.78 is 17.7. The van der Waals surface area contributed by atoms with Gasteiger partial charge in [0.05, 0.1) is 0 Å². The number of hydrogen-bond acceptors (Lipinski definition) is 4. The minimum atomic E-state index is -1.30. The summed E-state index contributed by atoms with van der Waals surface area (Å²) in [5.74, 6) is 0.535. The van der Waals surface area contributed by atoms with Crippen LogP contribution in [0.25, 0.3) is 0 Å². The Labute approximate surface area is 179 Å². The zero-order valence-corrected chi connectivity index (χ0v) is 20.5. The van der Waals surface area contributed by atoms with E-state index in [2.05, 4.69) is 31.8 Å². The topological polar surface area (TPSA) is 44.8 Å². The number of methoxy groups -OCH3 is 2. The summed E-state index contributed by atoms with van der Waals surface area (Å²) in [4.78, 5) is 12.9. The second kappa shape index (κ2) is 10.4. The van der Waals surface area contributed by atoms with Crippen molar-refractivity contribution in [3.05, 3.63) is 52.5 Å². The molecule has 2 aromatic rings. The molecule has 0 saturated carbocycles. The molecule has 0 radical (unpaired) electrons. The van der Waals surface area contributed by atoms with E-state index in [-0.39, 0.29) is 15.0 Å². The summed E-state index contributed by atoms with van der Waals surface area (Å²) in [6.45, 7) is 7.16. The first-order chi connectivity index (χ1) is 13.3. The van der Waals surface area contributed by atoms with Crippen molar-refractivity contribution in [1.82, 2.24) is 0 Å². The van der Waals surface area contributed by atoms with E-state index in [1.54, 1.807) is 13.2 Å². The summed E-state index contributed by atoms with van der Waals surface area (Å²) >= 11 is 6.70. The molecule has 0 unspecified atom stereocenters. The second-order valence-corrected chi connectivity index (χ2v) is 15.7. The molecule has 152 valence electrons. The molecule has 7 heteroatoms. The Balaban J connectivity index is 2.34. The third kappa shape index (κ3) is 6.28. The average molecular weight is 486 g/mol. The van der Waals surface area contributed by atoms with Gasteiger partial charge in [-0.1, -0.05) is 0 Å². The summed E-state index contributed by atoms with van der Waals surface area (Å²) in [5.41, 5.74) is 1.13. The van der Waals surface area contributed by atoms with Crippen molar-refractivity contribution in [1.29, 1.82) is 0 Å². The van der Waals surface area contributed by atoms with Crippen molar-refractivity contribution in [3.63, 3.8) is 0 Å². The normalized spacial score (nSPS) is 11.2. The number of carbonyl (C=O) groups excluding carboxylic acids is 1. The van der Waals surface area contributed by atoms with Gasteiger partial charge in [0.25, 0.3) is 0 Å². The maximum absolute atomic E-state index is 12.9. The number of ether oxygens (including phenoxy) is 3. The zero-order chi connectivity index (χ0) is 20.7. The number of carbonyl (C=O) groups is 1. The molecule has 0 N–H and O–H groups in total. The van der Waals surface area contributed by atoms with Crippen LogP contribution < -0.4 is 13.9 Å². The predicted octanol–water partition coefficient (Wildman–Crippen LogP) is 4.38. The quantitative estimate of drug-likeness (QED) is 0.390. The van der Waals surface area contributed by atoms with Crippen molar-refractivity contribution in [2.75, 3.05) is 20.8 Å². The van der Waals surface area contributed by atoms with Crippen LogP contribution in [0.1, 0.15) is 15.9 Å². The Bertz CT molecular complexity index is 806. The molecule has 0 atom stereocenters. The summed E-state index contributed by atoms with van der Waals surface area (Å²) in [5, 5.41) is 1.08. The van der Waals surface area contributed by atoms with Crippen LogP contribution in [0.4, 0.5) is 0 Å². The molecule has 2 rings (SSSR count). The fourth-order valence-corrected chi connectivity index (χ4v) is 5.70. The van der Waals surface area contributed by atoms with Crippen LogP contribution >= 0.6 is 11.6 Å². The molecule has 2 aromatic carbocycles. The average Bonchev–Trinajstić information content (AvgIpc) is 2.66. The molecule has 0 fully saturated rings. The third-order valence-corrected chi connectivity index (χ3v) is 8.44. The SMILES string of the molecule is COc1cc(OC)c(C(=O)OCC[Si](C)(C)C)c(C[Se]c2ccccc2)c1Cl. The van der Waals surface area contributed by atoms with Gasteiger partial charge in [-0.2, -0.15) is 0 Å². The van der Waals surface area contributed by atoms with Gasteiger partial charge in [0.2, 0.25) is 0 Å². The van der Waals surface area contributed by atoms with Gasteiger partial charge in [-0.15, -0.1) is 0 Å². The van der Waals surface area contributed by atoms with E-state index in [4.69, 9.17) is 25.8 Å². The first-order valence-electron chi connectivity index (χ1n) is 9.05. The van der Waals surface area contributed by atoms with E-state index in [0.29, 0.717) is 34.0 Å². The van der Waals surface area contributed by atoms with Crippen LogP contribution in [0.15, 0.2) is 36.4 Å². The Morgan fingerprint density at radius 2 is 1.71 bits per heavy atom. The molecule has 0 aliphatic rings. The van der Waals surface area contributed by atoms with Crippen molar-refractivity contribution in [3.8, 4) is 11.5 Å². The molecule has 0 spiro atoms. The molecule has 0 heterocycles. The van der Waals surface area contributed by atoms with Crippen LogP contribution in [-0.4, -0.2) is 49.8 Å². The molecule has 0 saturated heterocycles. The van der Waals surface area contributed by atoms with E-state index in [1.165, 1.54) is 11.6 Å². The van der Waals surface area contributed by atoms with Crippen molar-refractivity contribution >= 4 is 45.1 Å². The molecule has 0 aliphatic carbocycles. The molecule has 0 amide bonds. The van der Waals surface area contributed by atoms with E-state index in [0.717, 1.165) is 11.6 Å². The van der Waals surface area contributed by atoms with Gasteiger partial charge in [-0.25, -0.2) is 0 Å². The Morgan fingerprint density at radius 3 is 2.29 bits per heavy atom. The number of hydrogen-bond donors (Lipinski definition) is 0. The fourth-order valence-electron chi connectivity index (χ4n) is 2.52. The van der Waals surface area contributed by atoms with Gasteiger partial charge in [0, 0.05) is 0 Å². The van der Waals surface area contributed by atoms with Crippen molar-refractivity contribution in [2.24, 2.45) is 0 Å². The van der Waals surface area contributed by atoms with E-state index in [1.807, 2.05) is 18.2 Å². The van der Waals surface area contributed by atoms with Crippen molar-refractivity contribution < 1.29 is 19.0 Å². The zero-order valence-electron chi connectivity index (χ0n) is 17.0. The summed E-state index contributed by atoms with van der Waals surface area (Å²) in [6, 6.07) is 12.7. The molecule has 0 bridgehead atoms. The van der Waals surface area contributed by atoms with Crippen LogP contribution in [0.2, 0.25) is 30.7 Å². The van der Waals surface area contributed by atoms with Gasteiger partial charge < -0.3 is 0 Å². The van der Waals surface area contributed by atoms with E-state index < -0.39 is 14.0 Å². The van der Waals surface area contributed by atoms with Gasteiger partial charge in [0.15, 0.2) is 0 Å².